The molecule has 2 nitrogen and oxygen atoms in total. The quantitative estimate of drug-likeness (QED) is 0.705. The molecule has 3 atom stereocenters. The Bertz CT molecular complexity index is 181. The van der Waals surface area contributed by atoms with Crippen molar-refractivity contribution >= 4 is 0 Å². The first-order chi connectivity index (χ1) is 7.25. The van der Waals surface area contributed by atoms with Gasteiger partial charge in [0.25, 0.3) is 0 Å². The molecule has 2 heteroatoms. The van der Waals surface area contributed by atoms with Crippen molar-refractivity contribution in [1.82, 2.24) is 4.90 Å². The lowest BCUT2D eigenvalue weighted by molar-refractivity contribution is 0.178. The average Bonchev–Trinajstić information content (AvgIpc) is 2.71. The third-order valence-electron chi connectivity index (χ3n) is 4.15. The highest BCUT2D eigenvalue weighted by molar-refractivity contribution is 4.88. The van der Waals surface area contributed by atoms with Crippen LogP contribution in [0.3, 0.4) is 0 Å². The summed E-state index contributed by atoms with van der Waals surface area (Å²) < 4.78 is 0. The Hall–Kier alpha value is -0.0800. The van der Waals surface area contributed by atoms with Crippen LogP contribution in [0.2, 0.25) is 0 Å². The Labute approximate surface area is 93.7 Å². The number of fused-ring (bicyclic) bond motifs is 1. The zero-order valence-corrected chi connectivity index (χ0v) is 9.99. The van der Waals surface area contributed by atoms with Gasteiger partial charge in [-0.05, 0) is 57.4 Å². The van der Waals surface area contributed by atoms with E-state index < -0.39 is 0 Å². The highest BCUT2D eigenvalue weighted by atomic mass is 16.3. The predicted octanol–water partition coefficient (Wildman–Crippen LogP) is 2.27. The summed E-state index contributed by atoms with van der Waals surface area (Å²) in [6.45, 7) is 5.87. The van der Waals surface area contributed by atoms with Crippen LogP contribution < -0.4 is 0 Å². The van der Waals surface area contributed by atoms with Gasteiger partial charge >= 0.3 is 0 Å². The Kier molecular flexibility index (Phi) is 4.04. The van der Waals surface area contributed by atoms with Crippen molar-refractivity contribution in [2.45, 2.75) is 51.6 Å². The number of aliphatic hydroxyl groups excluding tert-OH is 1. The van der Waals surface area contributed by atoms with Crippen molar-refractivity contribution in [3.8, 4) is 0 Å². The Morgan fingerprint density at radius 1 is 1.20 bits per heavy atom. The molecule has 88 valence electrons. The number of hydrogen-bond acceptors (Lipinski definition) is 2. The second kappa shape index (κ2) is 5.31. The fraction of sp³-hybridized carbons (Fsp3) is 1.00. The Morgan fingerprint density at radius 2 is 1.87 bits per heavy atom. The van der Waals surface area contributed by atoms with Crippen molar-refractivity contribution in [3.63, 3.8) is 0 Å². The summed E-state index contributed by atoms with van der Waals surface area (Å²) in [5, 5.41) is 9.16. The molecule has 0 bridgehead atoms. The summed E-state index contributed by atoms with van der Waals surface area (Å²) in [5.41, 5.74) is 0. The average molecular weight is 211 g/mol. The molecule has 0 radical (unpaired) electrons. The van der Waals surface area contributed by atoms with Gasteiger partial charge in [0, 0.05) is 13.1 Å². The van der Waals surface area contributed by atoms with Crippen molar-refractivity contribution in [3.05, 3.63) is 0 Å². The number of likely N-dealkylation sites (tertiary alicyclic amines) is 1. The normalized spacial score (nSPS) is 33.2. The molecule has 1 saturated heterocycles. The molecule has 3 unspecified atom stereocenters. The van der Waals surface area contributed by atoms with E-state index in [-0.39, 0.29) is 6.10 Å². The molecular formula is C13H25NO. The van der Waals surface area contributed by atoms with Gasteiger partial charge in [-0.25, -0.2) is 0 Å². The maximum Gasteiger partial charge on any atom is 0.0512 e. The Balaban J connectivity index is 1.57. The highest BCUT2D eigenvalue weighted by Crippen LogP contribution is 2.37. The fourth-order valence-corrected chi connectivity index (χ4v) is 3.29. The van der Waals surface area contributed by atoms with Crippen LogP contribution in [-0.2, 0) is 0 Å². The molecule has 1 aliphatic carbocycles. The van der Waals surface area contributed by atoms with Gasteiger partial charge in [-0.2, -0.15) is 0 Å². The molecule has 0 aromatic heterocycles. The third-order valence-corrected chi connectivity index (χ3v) is 4.15. The van der Waals surface area contributed by atoms with Crippen LogP contribution in [0.15, 0.2) is 0 Å². The topological polar surface area (TPSA) is 23.5 Å². The van der Waals surface area contributed by atoms with Crippen LogP contribution in [0.4, 0.5) is 0 Å². The van der Waals surface area contributed by atoms with E-state index in [4.69, 9.17) is 5.11 Å². The molecule has 2 rings (SSSR count). The van der Waals surface area contributed by atoms with Gasteiger partial charge in [0.2, 0.25) is 0 Å². The summed E-state index contributed by atoms with van der Waals surface area (Å²) in [7, 11) is 0. The second-order valence-corrected chi connectivity index (χ2v) is 5.56. The molecule has 0 aromatic carbocycles. The van der Waals surface area contributed by atoms with Crippen LogP contribution in [-0.4, -0.2) is 35.7 Å². The number of hydrogen-bond donors (Lipinski definition) is 1. The second-order valence-electron chi connectivity index (χ2n) is 5.56. The summed E-state index contributed by atoms with van der Waals surface area (Å²) in [6, 6.07) is 0. The maximum absolute atomic E-state index is 9.16. The smallest absolute Gasteiger partial charge is 0.0512 e. The lowest BCUT2D eigenvalue weighted by atomic mass is 10.0. The van der Waals surface area contributed by atoms with Crippen LogP contribution >= 0.6 is 0 Å². The van der Waals surface area contributed by atoms with Crippen LogP contribution in [0.5, 0.6) is 0 Å². The zero-order valence-electron chi connectivity index (χ0n) is 9.99. The van der Waals surface area contributed by atoms with Crippen molar-refractivity contribution < 1.29 is 5.11 Å². The van der Waals surface area contributed by atoms with Gasteiger partial charge in [0.1, 0.15) is 0 Å². The van der Waals surface area contributed by atoms with Gasteiger partial charge in [-0.3, -0.25) is 0 Å². The molecule has 0 aromatic rings. The van der Waals surface area contributed by atoms with Crippen LogP contribution in [0, 0.1) is 11.8 Å². The van der Waals surface area contributed by atoms with E-state index >= 15 is 0 Å². The SMILES string of the molecule is CC(O)CCCCN1CC2CCCC2C1. The van der Waals surface area contributed by atoms with Crippen LogP contribution in [0.1, 0.15) is 45.4 Å². The lowest BCUT2D eigenvalue weighted by Crippen LogP contribution is -2.23. The summed E-state index contributed by atoms with van der Waals surface area (Å²) in [5.74, 6) is 2.06. The molecule has 0 amide bonds. The minimum atomic E-state index is -0.108. The third kappa shape index (κ3) is 3.18. The number of unbranched alkanes of at least 4 members (excludes halogenated alkanes) is 1. The molecule has 2 fully saturated rings. The molecule has 1 aliphatic heterocycles. The molecule has 15 heavy (non-hydrogen) atoms. The van der Waals surface area contributed by atoms with E-state index in [1.807, 2.05) is 6.92 Å². The van der Waals surface area contributed by atoms with Gasteiger partial charge in [0.15, 0.2) is 0 Å². The first-order valence-corrected chi connectivity index (χ1v) is 6.66. The number of rotatable bonds is 5. The van der Waals surface area contributed by atoms with E-state index in [2.05, 4.69) is 4.90 Å². The number of nitrogens with zero attached hydrogens (tertiary/aromatic N) is 1. The van der Waals surface area contributed by atoms with Gasteiger partial charge in [-0.15, -0.1) is 0 Å². The molecule has 0 spiro atoms. The first kappa shape index (κ1) is 11.4. The molecule has 1 heterocycles. The van der Waals surface area contributed by atoms with E-state index in [0.717, 1.165) is 18.3 Å². The van der Waals surface area contributed by atoms with E-state index in [1.165, 1.54) is 51.7 Å². The van der Waals surface area contributed by atoms with Gasteiger partial charge in [-0.1, -0.05) is 6.42 Å². The molecule has 2 aliphatic rings. The fourth-order valence-electron chi connectivity index (χ4n) is 3.29. The monoisotopic (exact) mass is 211 g/mol. The summed E-state index contributed by atoms with van der Waals surface area (Å²) >= 11 is 0. The van der Waals surface area contributed by atoms with Crippen molar-refractivity contribution in [2.75, 3.05) is 19.6 Å². The Morgan fingerprint density at radius 3 is 2.47 bits per heavy atom. The van der Waals surface area contributed by atoms with Crippen molar-refractivity contribution in [2.24, 2.45) is 11.8 Å². The van der Waals surface area contributed by atoms with E-state index in [0.29, 0.717) is 0 Å². The maximum atomic E-state index is 9.16. The largest absolute Gasteiger partial charge is 0.393 e. The van der Waals surface area contributed by atoms with Crippen LogP contribution in [0.25, 0.3) is 0 Å². The predicted molar refractivity (Wildman–Crippen MR) is 62.8 cm³/mol. The highest BCUT2D eigenvalue weighted by Gasteiger charge is 2.35. The zero-order chi connectivity index (χ0) is 10.7. The summed E-state index contributed by atoms with van der Waals surface area (Å²) in [4.78, 5) is 2.65. The summed E-state index contributed by atoms with van der Waals surface area (Å²) in [6.07, 6.45) is 7.76. The minimum absolute atomic E-state index is 0.108. The molecule has 1 saturated carbocycles. The van der Waals surface area contributed by atoms with E-state index in [9.17, 15) is 0 Å². The number of aliphatic hydroxyl groups is 1. The minimum Gasteiger partial charge on any atom is -0.393 e. The molecule has 1 N–H and O–H groups in total. The van der Waals surface area contributed by atoms with Gasteiger partial charge < -0.3 is 10.0 Å². The lowest BCUT2D eigenvalue weighted by Gasteiger charge is -2.16. The van der Waals surface area contributed by atoms with Crippen molar-refractivity contribution in [1.29, 1.82) is 0 Å². The van der Waals surface area contributed by atoms with Gasteiger partial charge in [0.05, 0.1) is 6.10 Å². The molecular weight excluding hydrogens is 186 g/mol. The first-order valence-electron chi connectivity index (χ1n) is 6.66. The standard InChI is InChI=1S/C13H25NO/c1-11(15)5-2-3-8-14-9-12-6-4-7-13(12)10-14/h11-13,15H,2-10H2,1H3. The van der Waals surface area contributed by atoms with E-state index in [1.54, 1.807) is 0 Å².